The van der Waals surface area contributed by atoms with Crippen molar-refractivity contribution in [3.05, 3.63) is 45.6 Å². The molecule has 26 heavy (non-hydrogen) atoms. The van der Waals surface area contributed by atoms with Crippen molar-refractivity contribution in [2.45, 2.75) is 39.0 Å². The summed E-state index contributed by atoms with van der Waals surface area (Å²) in [6, 6.07) is 7.14. The summed E-state index contributed by atoms with van der Waals surface area (Å²) in [5.74, 6) is -0.217. The van der Waals surface area contributed by atoms with Crippen molar-refractivity contribution in [3.63, 3.8) is 0 Å². The molecule has 1 aromatic rings. The molecule has 0 radical (unpaired) electrons. The van der Waals surface area contributed by atoms with Gasteiger partial charge in [0.1, 0.15) is 0 Å². The average molecular weight is 437 g/mol. The van der Waals surface area contributed by atoms with Crippen molar-refractivity contribution in [2.24, 2.45) is 10.9 Å². The van der Waals surface area contributed by atoms with Crippen LogP contribution in [0.15, 0.2) is 45.0 Å². The molecule has 2 aliphatic heterocycles. The van der Waals surface area contributed by atoms with Gasteiger partial charge in [0.05, 0.1) is 29.2 Å². The van der Waals surface area contributed by atoms with Crippen LogP contribution in [0.25, 0.3) is 0 Å². The monoisotopic (exact) mass is 436 g/mol. The maximum absolute atomic E-state index is 12.8. The Balaban J connectivity index is 2.06. The van der Waals surface area contributed by atoms with Gasteiger partial charge in [-0.25, -0.2) is 9.79 Å². The van der Waals surface area contributed by atoms with E-state index in [2.05, 4.69) is 20.9 Å². The molecule has 0 aliphatic carbocycles. The smallest absolute Gasteiger partial charge is 0.338 e. The van der Waals surface area contributed by atoms with Crippen molar-refractivity contribution < 1.29 is 14.3 Å². The number of esters is 1. The molecule has 0 unspecified atom stereocenters. The molecule has 2 aliphatic rings. The van der Waals surface area contributed by atoms with Gasteiger partial charge in [0.15, 0.2) is 5.17 Å². The van der Waals surface area contributed by atoms with Gasteiger partial charge < -0.3 is 4.74 Å². The number of ether oxygens (including phenoxy) is 1. The zero-order valence-corrected chi connectivity index (χ0v) is 17.6. The molecule has 0 aromatic heterocycles. The molecular weight excluding hydrogens is 416 g/mol. The van der Waals surface area contributed by atoms with E-state index < -0.39 is 12.0 Å². The number of fused-ring (bicyclic) bond motifs is 1. The van der Waals surface area contributed by atoms with E-state index in [1.807, 2.05) is 45.0 Å². The zero-order valence-electron chi connectivity index (χ0n) is 15.2. The Morgan fingerprint density at radius 1 is 1.35 bits per heavy atom. The predicted octanol–water partition coefficient (Wildman–Crippen LogP) is 4.30. The topological polar surface area (TPSA) is 59.0 Å². The highest BCUT2D eigenvalue weighted by atomic mass is 79.9. The number of hydrogen-bond donors (Lipinski definition) is 0. The molecule has 1 aromatic carbocycles. The number of allylic oxidation sites excluding steroid dienone is 1. The summed E-state index contributed by atoms with van der Waals surface area (Å²) in [6.45, 7) is 7.97. The van der Waals surface area contributed by atoms with Gasteiger partial charge in [0.25, 0.3) is 0 Å². The fourth-order valence-corrected chi connectivity index (χ4v) is 4.24. The number of amidine groups is 1. The van der Waals surface area contributed by atoms with E-state index in [9.17, 15) is 9.59 Å². The number of nitrogens with zero attached hydrogens (tertiary/aromatic N) is 2. The van der Waals surface area contributed by atoms with Gasteiger partial charge in [0.2, 0.25) is 5.91 Å². The number of carbonyl (C=O) groups is 2. The molecule has 0 N–H and O–H groups in total. The molecule has 138 valence electrons. The van der Waals surface area contributed by atoms with E-state index in [0.29, 0.717) is 23.0 Å². The number of amides is 1. The number of hydrogen-bond acceptors (Lipinski definition) is 5. The lowest BCUT2D eigenvalue weighted by Gasteiger charge is -2.33. The third-order valence-electron chi connectivity index (χ3n) is 4.21. The molecule has 7 heteroatoms. The molecule has 2 heterocycles. The van der Waals surface area contributed by atoms with E-state index in [1.54, 1.807) is 11.8 Å². The summed E-state index contributed by atoms with van der Waals surface area (Å²) >= 11 is 4.86. The van der Waals surface area contributed by atoms with Crippen LogP contribution in [0.3, 0.4) is 0 Å². The van der Waals surface area contributed by atoms with Crippen molar-refractivity contribution in [2.75, 3.05) is 6.61 Å². The number of aliphatic imine (C=N–C) groups is 1. The predicted molar refractivity (Wildman–Crippen MR) is 107 cm³/mol. The summed E-state index contributed by atoms with van der Waals surface area (Å²) in [7, 11) is 0. The first-order chi connectivity index (χ1) is 12.3. The van der Waals surface area contributed by atoms with E-state index >= 15 is 0 Å². The van der Waals surface area contributed by atoms with Gasteiger partial charge >= 0.3 is 5.97 Å². The Hall–Kier alpha value is -1.60. The normalized spacial score (nSPS) is 22.6. The third kappa shape index (κ3) is 3.60. The van der Waals surface area contributed by atoms with Crippen LogP contribution < -0.4 is 0 Å². The minimum atomic E-state index is -0.514. The summed E-state index contributed by atoms with van der Waals surface area (Å²) in [4.78, 5) is 31.8. The lowest BCUT2D eigenvalue weighted by Crippen LogP contribution is -2.40. The quantitative estimate of drug-likeness (QED) is 0.660. The number of benzene rings is 1. The Kier molecular flexibility index (Phi) is 5.58. The van der Waals surface area contributed by atoms with Crippen LogP contribution in [0.1, 0.15) is 39.3 Å². The van der Waals surface area contributed by atoms with Gasteiger partial charge in [-0.05, 0) is 37.5 Å². The number of carbonyl (C=O) groups excluding carboxylic acids is 2. The molecule has 3 rings (SSSR count). The highest BCUT2D eigenvalue weighted by Crippen LogP contribution is 2.43. The Labute approximate surface area is 166 Å². The van der Waals surface area contributed by atoms with Gasteiger partial charge in [0, 0.05) is 4.47 Å². The number of rotatable bonds is 4. The van der Waals surface area contributed by atoms with Crippen molar-refractivity contribution in [3.8, 4) is 0 Å². The van der Waals surface area contributed by atoms with Crippen LogP contribution >= 0.6 is 27.7 Å². The van der Waals surface area contributed by atoms with Gasteiger partial charge in [-0.3, -0.25) is 9.69 Å². The lowest BCUT2D eigenvalue weighted by molar-refractivity contribution is -0.141. The summed E-state index contributed by atoms with van der Waals surface area (Å²) in [5.41, 5.74) is 1.89. The molecule has 0 bridgehead atoms. The molecule has 1 saturated heterocycles. The maximum atomic E-state index is 12.8. The second-order valence-corrected chi connectivity index (χ2v) is 9.03. The van der Waals surface area contributed by atoms with Gasteiger partial charge in [-0.1, -0.05) is 53.7 Å². The van der Waals surface area contributed by atoms with Crippen LogP contribution in [0, 0.1) is 5.92 Å². The first kappa shape index (κ1) is 19.2. The van der Waals surface area contributed by atoms with E-state index in [0.717, 1.165) is 10.0 Å². The lowest BCUT2D eigenvalue weighted by atomic mass is 9.94. The largest absolute Gasteiger partial charge is 0.462 e. The van der Waals surface area contributed by atoms with Crippen LogP contribution in [-0.2, 0) is 14.3 Å². The standard InChI is InChI=1S/C19H21BrN2O3S/c1-10(2)9-25-18(24)15-11(3)21-19-22(17(23)12(4)26-19)16(15)13-5-7-14(20)8-6-13/h5-8,10,12,16H,9H2,1-4H3/t12-,16+/m1/s1. The number of thioether (sulfide) groups is 1. The minimum Gasteiger partial charge on any atom is -0.462 e. The average Bonchev–Trinajstić information content (AvgIpc) is 2.86. The molecule has 0 spiro atoms. The van der Waals surface area contributed by atoms with E-state index in [-0.39, 0.29) is 17.1 Å². The molecule has 1 amide bonds. The van der Waals surface area contributed by atoms with Crippen LogP contribution in [0.5, 0.6) is 0 Å². The van der Waals surface area contributed by atoms with Crippen molar-refractivity contribution in [1.82, 2.24) is 4.90 Å². The van der Waals surface area contributed by atoms with Crippen LogP contribution in [0.2, 0.25) is 0 Å². The second-order valence-electron chi connectivity index (χ2n) is 6.81. The first-order valence-corrected chi connectivity index (χ1v) is 10.2. The van der Waals surface area contributed by atoms with Crippen molar-refractivity contribution >= 4 is 44.7 Å². The van der Waals surface area contributed by atoms with E-state index in [4.69, 9.17) is 4.74 Å². The van der Waals surface area contributed by atoms with Gasteiger partial charge in [-0.15, -0.1) is 0 Å². The highest BCUT2D eigenvalue weighted by molar-refractivity contribution is 9.10. The first-order valence-electron chi connectivity index (χ1n) is 8.51. The van der Waals surface area contributed by atoms with E-state index in [1.165, 1.54) is 11.8 Å². The molecular formula is C19H21BrN2O3S. The van der Waals surface area contributed by atoms with Gasteiger partial charge in [-0.2, -0.15) is 0 Å². The zero-order chi connectivity index (χ0) is 19.0. The Bertz CT molecular complexity index is 802. The Morgan fingerprint density at radius 3 is 2.62 bits per heavy atom. The fourth-order valence-electron chi connectivity index (χ4n) is 2.94. The molecule has 1 fully saturated rings. The summed E-state index contributed by atoms with van der Waals surface area (Å²) < 4.78 is 6.42. The highest BCUT2D eigenvalue weighted by Gasteiger charge is 2.46. The maximum Gasteiger partial charge on any atom is 0.338 e. The summed E-state index contributed by atoms with van der Waals surface area (Å²) in [6.07, 6.45) is 0. The fraction of sp³-hybridized carbons (Fsp3) is 0.421. The molecule has 2 atom stereocenters. The molecule has 0 saturated carbocycles. The van der Waals surface area contributed by atoms with Crippen LogP contribution in [-0.4, -0.2) is 33.8 Å². The minimum absolute atomic E-state index is 0.0386. The molecule has 5 nitrogen and oxygen atoms in total. The third-order valence-corrected chi connectivity index (χ3v) is 5.79. The Morgan fingerprint density at radius 2 is 2.00 bits per heavy atom. The summed E-state index contributed by atoms with van der Waals surface area (Å²) in [5, 5.41) is 0.430. The van der Waals surface area contributed by atoms with Crippen molar-refractivity contribution in [1.29, 1.82) is 0 Å². The second kappa shape index (κ2) is 7.56. The number of halogens is 1. The van der Waals surface area contributed by atoms with Crippen LogP contribution in [0.4, 0.5) is 0 Å². The SMILES string of the molecule is CC1=C(C(=O)OCC(C)C)[C@H](c2ccc(Br)cc2)N2C(=O)[C@@H](C)SC2=N1.